The molecular formula is C17H24N2. The van der Waals surface area contributed by atoms with Crippen LogP contribution in [-0.4, -0.2) is 10.1 Å². The SMILES string of the molecule is Cc1cc(CNC(C)(C)C)c(C)n1-c1ccccc1. The first-order valence-electron chi connectivity index (χ1n) is 6.87. The molecule has 1 N–H and O–H groups in total. The molecule has 1 heterocycles. The summed E-state index contributed by atoms with van der Waals surface area (Å²) in [6.45, 7) is 11.9. The molecule has 0 aliphatic rings. The molecule has 102 valence electrons. The summed E-state index contributed by atoms with van der Waals surface area (Å²) in [4.78, 5) is 0. The molecule has 2 nitrogen and oxygen atoms in total. The predicted molar refractivity (Wildman–Crippen MR) is 81.8 cm³/mol. The lowest BCUT2D eigenvalue weighted by Crippen LogP contribution is -2.35. The molecule has 0 radical (unpaired) electrons. The first kappa shape index (κ1) is 13.9. The third-order valence-corrected chi connectivity index (χ3v) is 3.36. The van der Waals surface area contributed by atoms with Gasteiger partial charge in [-0.2, -0.15) is 0 Å². The summed E-state index contributed by atoms with van der Waals surface area (Å²) in [5.41, 5.74) is 5.36. The molecule has 2 aromatic rings. The highest BCUT2D eigenvalue weighted by Crippen LogP contribution is 2.21. The second kappa shape index (κ2) is 5.22. The number of nitrogens with zero attached hydrogens (tertiary/aromatic N) is 1. The number of nitrogens with one attached hydrogen (secondary N) is 1. The normalized spacial score (nSPS) is 11.8. The Morgan fingerprint density at radius 2 is 1.68 bits per heavy atom. The van der Waals surface area contributed by atoms with Crippen molar-refractivity contribution >= 4 is 0 Å². The van der Waals surface area contributed by atoms with Gasteiger partial charge in [0.1, 0.15) is 0 Å². The van der Waals surface area contributed by atoms with Gasteiger partial charge in [-0.15, -0.1) is 0 Å². The van der Waals surface area contributed by atoms with Crippen molar-refractivity contribution in [1.82, 2.24) is 9.88 Å². The third kappa shape index (κ3) is 3.27. The van der Waals surface area contributed by atoms with Crippen LogP contribution in [0, 0.1) is 13.8 Å². The summed E-state index contributed by atoms with van der Waals surface area (Å²) in [6, 6.07) is 12.8. The molecule has 0 amide bonds. The van der Waals surface area contributed by atoms with Crippen LogP contribution in [0.25, 0.3) is 5.69 Å². The minimum atomic E-state index is 0.148. The van der Waals surface area contributed by atoms with Crippen molar-refractivity contribution < 1.29 is 0 Å². The zero-order valence-corrected chi connectivity index (χ0v) is 12.6. The van der Waals surface area contributed by atoms with Gasteiger partial charge in [0.05, 0.1) is 0 Å². The smallest absolute Gasteiger partial charge is 0.0455 e. The molecule has 0 spiro atoms. The number of aromatic nitrogens is 1. The van der Waals surface area contributed by atoms with Crippen LogP contribution in [0.5, 0.6) is 0 Å². The first-order valence-corrected chi connectivity index (χ1v) is 6.87. The van der Waals surface area contributed by atoms with E-state index in [1.54, 1.807) is 0 Å². The molecule has 0 saturated heterocycles. The van der Waals surface area contributed by atoms with Gasteiger partial charge in [-0.1, -0.05) is 18.2 Å². The molecule has 0 fully saturated rings. The van der Waals surface area contributed by atoms with Crippen molar-refractivity contribution in [2.45, 2.75) is 46.7 Å². The molecule has 1 aromatic heterocycles. The van der Waals surface area contributed by atoms with E-state index in [1.807, 2.05) is 0 Å². The summed E-state index contributed by atoms with van der Waals surface area (Å²) in [7, 11) is 0. The van der Waals surface area contributed by atoms with Crippen LogP contribution in [0.2, 0.25) is 0 Å². The molecule has 1 aromatic carbocycles. The van der Waals surface area contributed by atoms with E-state index in [2.05, 4.69) is 80.9 Å². The van der Waals surface area contributed by atoms with E-state index in [4.69, 9.17) is 0 Å². The lowest BCUT2D eigenvalue weighted by Gasteiger charge is -2.20. The predicted octanol–water partition coefficient (Wildman–Crippen LogP) is 3.98. The molecule has 0 saturated carbocycles. The Balaban J connectivity index is 2.30. The van der Waals surface area contributed by atoms with Gasteiger partial charge < -0.3 is 9.88 Å². The largest absolute Gasteiger partial charge is 0.318 e. The second-order valence-electron chi connectivity index (χ2n) is 6.17. The number of aryl methyl sites for hydroxylation is 1. The molecule has 0 unspecified atom stereocenters. The average molecular weight is 256 g/mol. The maximum Gasteiger partial charge on any atom is 0.0455 e. The molecular weight excluding hydrogens is 232 g/mol. The van der Waals surface area contributed by atoms with E-state index in [9.17, 15) is 0 Å². The van der Waals surface area contributed by atoms with E-state index in [1.165, 1.54) is 22.6 Å². The van der Waals surface area contributed by atoms with Gasteiger partial charge in [0.2, 0.25) is 0 Å². The summed E-state index contributed by atoms with van der Waals surface area (Å²) < 4.78 is 2.32. The Morgan fingerprint density at radius 1 is 1.05 bits per heavy atom. The number of rotatable bonds is 3. The number of hydrogen-bond acceptors (Lipinski definition) is 1. The molecule has 0 bridgehead atoms. The lowest BCUT2D eigenvalue weighted by atomic mass is 10.1. The van der Waals surface area contributed by atoms with Crippen molar-refractivity contribution in [3.63, 3.8) is 0 Å². The van der Waals surface area contributed by atoms with Gasteiger partial charge in [-0.05, 0) is 58.4 Å². The van der Waals surface area contributed by atoms with E-state index in [0.29, 0.717) is 0 Å². The number of benzene rings is 1. The molecule has 0 atom stereocenters. The van der Waals surface area contributed by atoms with Gasteiger partial charge in [-0.25, -0.2) is 0 Å². The van der Waals surface area contributed by atoms with Crippen molar-refractivity contribution in [3.8, 4) is 5.69 Å². The highest BCUT2D eigenvalue weighted by molar-refractivity contribution is 5.40. The minimum absolute atomic E-state index is 0.148. The lowest BCUT2D eigenvalue weighted by molar-refractivity contribution is 0.424. The van der Waals surface area contributed by atoms with E-state index >= 15 is 0 Å². The summed E-state index contributed by atoms with van der Waals surface area (Å²) in [5.74, 6) is 0. The third-order valence-electron chi connectivity index (χ3n) is 3.36. The van der Waals surface area contributed by atoms with Gasteiger partial charge in [0, 0.05) is 29.2 Å². The van der Waals surface area contributed by atoms with Gasteiger partial charge in [-0.3, -0.25) is 0 Å². The van der Waals surface area contributed by atoms with Crippen molar-refractivity contribution in [3.05, 3.63) is 53.3 Å². The van der Waals surface area contributed by atoms with E-state index in [-0.39, 0.29) is 5.54 Å². The molecule has 0 aliphatic carbocycles. The monoisotopic (exact) mass is 256 g/mol. The van der Waals surface area contributed by atoms with Crippen molar-refractivity contribution in [2.75, 3.05) is 0 Å². The van der Waals surface area contributed by atoms with Crippen LogP contribution in [0.3, 0.4) is 0 Å². The van der Waals surface area contributed by atoms with Crippen LogP contribution in [-0.2, 0) is 6.54 Å². The Morgan fingerprint density at radius 3 is 2.26 bits per heavy atom. The van der Waals surface area contributed by atoms with Crippen molar-refractivity contribution in [2.24, 2.45) is 0 Å². The summed E-state index contributed by atoms with van der Waals surface area (Å²) in [6.07, 6.45) is 0. The summed E-state index contributed by atoms with van der Waals surface area (Å²) >= 11 is 0. The zero-order chi connectivity index (χ0) is 14.0. The Labute approximate surface area is 116 Å². The van der Waals surface area contributed by atoms with Gasteiger partial charge in [0.25, 0.3) is 0 Å². The Bertz CT molecular complexity index is 545. The maximum absolute atomic E-state index is 3.56. The average Bonchev–Trinajstić information content (AvgIpc) is 2.62. The zero-order valence-electron chi connectivity index (χ0n) is 12.6. The van der Waals surface area contributed by atoms with Crippen LogP contribution in [0.1, 0.15) is 37.7 Å². The quantitative estimate of drug-likeness (QED) is 0.879. The molecule has 2 rings (SSSR count). The molecule has 2 heteroatoms. The number of para-hydroxylation sites is 1. The fourth-order valence-electron chi connectivity index (χ4n) is 2.34. The Hall–Kier alpha value is -1.54. The van der Waals surface area contributed by atoms with E-state index < -0.39 is 0 Å². The summed E-state index contributed by atoms with van der Waals surface area (Å²) in [5, 5.41) is 3.56. The maximum atomic E-state index is 3.56. The number of hydrogen-bond donors (Lipinski definition) is 1. The minimum Gasteiger partial charge on any atom is -0.318 e. The van der Waals surface area contributed by atoms with Crippen LogP contribution in [0.15, 0.2) is 36.4 Å². The van der Waals surface area contributed by atoms with Gasteiger partial charge in [0.15, 0.2) is 0 Å². The fourth-order valence-corrected chi connectivity index (χ4v) is 2.34. The Kier molecular flexibility index (Phi) is 3.81. The van der Waals surface area contributed by atoms with E-state index in [0.717, 1.165) is 6.54 Å². The second-order valence-corrected chi connectivity index (χ2v) is 6.17. The highest BCUT2D eigenvalue weighted by Gasteiger charge is 2.13. The standard InChI is InChI=1S/C17H24N2/c1-13-11-15(12-18-17(3,4)5)14(2)19(13)16-9-7-6-8-10-16/h6-11,18H,12H2,1-5H3. The molecule has 0 aliphatic heterocycles. The van der Waals surface area contributed by atoms with Gasteiger partial charge >= 0.3 is 0 Å². The topological polar surface area (TPSA) is 17.0 Å². The van der Waals surface area contributed by atoms with Crippen LogP contribution in [0.4, 0.5) is 0 Å². The van der Waals surface area contributed by atoms with Crippen LogP contribution >= 0.6 is 0 Å². The first-order chi connectivity index (χ1) is 8.88. The van der Waals surface area contributed by atoms with Crippen molar-refractivity contribution in [1.29, 1.82) is 0 Å². The molecule has 19 heavy (non-hydrogen) atoms. The van der Waals surface area contributed by atoms with Crippen LogP contribution < -0.4 is 5.32 Å². The highest BCUT2D eigenvalue weighted by atomic mass is 15.0. The fraction of sp³-hybridized carbons (Fsp3) is 0.412.